The van der Waals surface area contributed by atoms with Crippen molar-refractivity contribution in [3.63, 3.8) is 0 Å². The number of rotatable bonds is 4. The van der Waals surface area contributed by atoms with E-state index in [0.29, 0.717) is 6.10 Å². The molecule has 0 aliphatic rings. The van der Waals surface area contributed by atoms with Crippen LogP contribution in [0.4, 0.5) is 0 Å². The lowest BCUT2D eigenvalue weighted by atomic mass is 10.3. The standard InChI is InChI=1S/C4H9O.C2H5.CH3.Al/c1-3-4(2)5;1-2;;/h4H,3H2,1-2H3;1H2,2H3;1H3;/q-1;;;+1. The van der Waals surface area contributed by atoms with Crippen LogP contribution in [0.3, 0.4) is 0 Å². The first-order valence-corrected chi connectivity index (χ1v) is 6.30. The van der Waals surface area contributed by atoms with E-state index in [1.54, 1.807) is 0 Å². The topological polar surface area (TPSA) is 9.23 Å². The van der Waals surface area contributed by atoms with E-state index in [2.05, 4.69) is 26.6 Å². The van der Waals surface area contributed by atoms with Crippen molar-refractivity contribution >= 4 is 14.5 Å². The second kappa shape index (κ2) is 5.29. The summed E-state index contributed by atoms with van der Waals surface area (Å²) in [6, 6.07) is 0. The Bertz CT molecular complexity index is 57.9. The molecule has 0 fully saturated rings. The van der Waals surface area contributed by atoms with Crippen LogP contribution in [0.2, 0.25) is 11.1 Å². The van der Waals surface area contributed by atoms with Crippen molar-refractivity contribution in [1.82, 2.24) is 0 Å². The van der Waals surface area contributed by atoms with Crippen molar-refractivity contribution in [2.24, 2.45) is 0 Å². The zero-order valence-electron chi connectivity index (χ0n) is 6.98. The predicted octanol–water partition coefficient (Wildman–Crippen LogP) is 2.44. The first-order chi connectivity index (χ1) is 4.20. The minimum absolute atomic E-state index is 0.492. The van der Waals surface area contributed by atoms with Gasteiger partial charge >= 0.3 is 14.5 Å². The molecule has 0 bridgehead atoms. The minimum Gasteiger partial charge on any atom is -0.499 e. The van der Waals surface area contributed by atoms with Crippen LogP contribution >= 0.6 is 0 Å². The molecular weight excluding hydrogens is 127 g/mol. The summed E-state index contributed by atoms with van der Waals surface area (Å²) in [4.78, 5) is 0. The van der Waals surface area contributed by atoms with Crippen molar-refractivity contribution in [2.45, 2.75) is 44.4 Å². The number of hydrogen-bond acceptors (Lipinski definition) is 1. The molecule has 0 saturated carbocycles. The molecule has 1 unspecified atom stereocenters. The van der Waals surface area contributed by atoms with Gasteiger partial charge in [-0.3, -0.25) is 0 Å². The highest BCUT2D eigenvalue weighted by molar-refractivity contribution is 6.50. The molecule has 0 amide bonds. The van der Waals surface area contributed by atoms with Crippen LogP contribution in [-0.2, 0) is 3.79 Å². The van der Waals surface area contributed by atoms with Crippen LogP contribution in [-0.4, -0.2) is 20.6 Å². The highest BCUT2D eigenvalue weighted by Gasteiger charge is 2.11. The summed E-state index contributed by atoms with van der Waals surface area (Å²) in [6.07, 6.45) is 1.64. The maximum absolute atomic E-state index is 5.69. The quantitative estimate of drug-likeness (QED) is 0.551. The minimum atomic E-state index is -0.757. The molecule has 0 saturated heterocycles. The van der Waals surface area contributed by atoms with Crippen molar-refractivity contribution in [2.75, 3.05) is 0 Å². The van der Waals surface area contributed by atoms with Gasteiger partial charge in [0.25, 0.3) is 0 Å². The highest BCUT2D eigenvalue weighted by Crippen LogP contribution is 2.01. The normalized spacial score (nSPS) is 13.3. The average molecular weight is 144 g/mol. The van der Waals surface area contributed by atoms with Gasteiger partial charge in [-0.2, -0.15) is 0 Å². The lowest BCUT2D eigenvalue weighted by molar-refractivity contribution is 0.219. The Morgan fingerprint density at radius 3 is 2.33 bits per heavy atom. The van der Waals surface area contributed by atoms with Crippen LogP contribution in [0.5, 0.6) is 0 Å². The van der Waals surface area contributed by atoms with Gasteiger partial charge in [0.05, 0.1) is 0 Å². The highest BCUT2D eigenvalue weighted by atomic mass is 27.2. The van der Waals surface area contributed by atoms with Crippen LogP contribution in [0, 0.1) is 0 Å². The third kappa shape index (κ3) is 4.96. The first-order valence-electron chi connectivity index (χ1n) is 3.86. The van der Waals surface area contributed by atoms with Gasteiger partial charge in [0.2, 0.25) is 0 Å². The molecule has 54 valence electrons. The molecule has 0 N–H and O–H groups in total. The Hall–Kier alpha value is 0.492. The third-order valence-corrected chi connectivity index (χ3v) is 3.69. The fourth-order valence-electron chi connectivity index (χ4n) is 0.589. The molecule has 0 aromatic carbocycles. The van der Waals surface area contributed by atoms with Gasteiger partial charge in [-0.15, -0.1) is 0 Å². The monoisotopic (exact) mass is 144 g/mol. The molecule has 9 heavy (non-hydrogen) atoms. The maximum atomic E-state index is 5.69. The van der Waals surface area contributed by atoms with Crippen molar-refractivity contribution < 1.29 is 3.79 Å². The van der Waals surface area contributed by atoms with E-state index in [0.717, 1.165) is 6.42 Å². The lowest BCUT2D eigenvalue weighted by Gasteiger charge is -2.13. The summed E-state index contributed by atoms with van der Waals surface area (Å²) in [5, 5.41) is 1.25. The largest absolute Gasteiger partial charge is 0.499 e. The van der Waals surface area contributed by atoms with Crippen LogP contribution in [0.1, 0.15) is 27.2 Å². The van der Waals surface area contributed by atoms with Gasteiger partial charge in [-0.1, -0.05) is 24.9 Å². The molecule has 2 heteroatoms. The summed E-state index contributed by atoms with van der Waals surface area (Å²) in [5.41, 5.74) is 0. The molecule has 0 heterocycles. The lowest BCUT2D eigenvalue weighted by Crippen LogP contribution is -2.18. The molecule has 0 aliphatic carbocycles. The second-order valence-electron chi connectivity index (χ2n) is 2.57. The summed E-state index contributed by atoms with van der Waals surface area (Å²) in [7, 11) is 0. The van der Waals surface area contributed by atoms with Crippen molar-refractivity contribution in [1.29, 1.82) is 0 Å². The van der Waals surface area contributed by atoms with E-state index in [1.807, 2.05) is 0 Å². The van der Waals surface area contributed by atoms with E-state index in [-0.39, 0.29) is 0 Å². The van der Waals surface area contributed by atoms with Crippen molar-refractivity contribution in [3.8, 4) is 0 Å². The Kier molecular flexibility index (Phi) is 5.58. The summed E-state index contributed by atoms with van der Waals surface area (Å²) in [6.45, 7) is 6.53. The van der Waals surface area contributed by atoms with Gasteiger partial charge in [0.1, 0.15) is 0 Å². The van der Waals surface area contributed by atoms with Gasteiger partial charge in [-0.05, 0) is 13.3 Å². The third-order valence-electron chi connectivity index (χ3n) is 1.61. The van der Waals surface area contributed by atoms with Crippen LogP contribution in [0.15, 0.2) is 0 Å². The van der Waals surface area contributed by atoms with E-state index >= 15 is 0 Å². The fourth-order valence-corrected chi connectivity index (χ4v) is 1.77. The molecule has 1 nitrogen and oxygen atoms in total. The molecule has 0 aliphatic heterocycles. The van der Waals surface area contributed by atoms with Gasteiger partial charge < -0.3 is 3.79 Å². The molecule has 0 spiro atoms. The van der Waals surface area contributed by atoms with Crippen molar-refractivity contribution in [3.05, 3.63) is 0 Å². The molecule has 0 rings (SSSR count). The van der Waals surface area contributed by atoms with Crippen LogP contribution < -0.4 is 0 Å². The van der Waals surface area contributed by atoms with Gasteiger partial charge in [0, 0.05) is 6.10 Å². The second-order valence-corrected chi connectivity index (χ2v) is 5.28. The summed E-state index contributed by atoms with van der Waals surface area (Å²) >= 11 is -0.757. The zero-order valence-corrected chi connectivity index (χ0v) is 8.13. The summed E-state index contributed by atoms with van der Waals surface area (Å²) in [5.74, 6) is 2.26. The molecule has 0 radical (unpaired) electrons. The molecule has 1 atom stereocenters. The predicted molar refractivity (Wildman–Crippen MR) is 42.9 cm³/mol. The smallest absolute Gasteiger partial charge is 0.457 e. The van der Waals surface area contributed by atoms with E-state index in [4.69, 9.17) is 3.79 Å². The molecule has 0 aromatic rings. The number of hydrogen-bond donors (Lipinski definition) is 0. The SMILES string of the molecule is CCC(C)[O][Al]([CH3])[CH2]C. The Morgan fingerprint density at radius 1 is 1.44 bits per heavy atom. The van der Waals surface area contributed by atoms with E-state index < -0.39 is 14.5 Å². The Morgan fingerprint density at radius 2 is 2.00 bits per heavy atom. The van der Waals surface area contributed by atoms with Gasteiger partial charge in [0.15, 0.2) is 0 Å². The Labute approximate surface area is 63.1 Å². The van der Waals surface area contributed by atoms with Gasteiger partial charge in [-0.25, -0.2) is 0 Å². The summed E-state index contributed by atoms with van der Waals surface area (Å²) < 4.78 is 5.69. The average Bonchev–Trinajstić information content (AvgIpc) is 1.87. The van der Waals surface area contributed by atoms with E-state index in [9.17, 15) is 0 Å². The fraction of sp³-hybridized carbons (Fsp3) is 1.00. The van der Waals surface area contributed by atoms with E-state index in [1.165, 1.54) is 5.28 Å². The van der Waals surface area contributed by atoms with Crippen LogP contribution in [0.25, 0.3) is 0 Å². The first kappa shape index (κ1) is 9.49. The Balaban J connectivity index is 3.22. The zero-order chi connectivity index (χ0) is 7.28. The molecular formula is C7H17AlO. The molecule has 0 aromatic heterocycles. The maximum Gasteiger partial charge on any atom is 0.457 e.